The zero-order valence-corrected chi connectivity index (χ0v) is 22.5. The molecule has 0 bridgehead atoms. The lowest BCUT2D eigenvalue weighted by Gasteiger charge is -2.32. The molecule has 1 atom stereocenters. The van der Waals surface area contributed by atoms with Gasteiger partial charge in [0.05, 0.1) is 0 Å². The van der Waals surface area contributed by atoms with Crippen LogP contribution in [0.1, 0.15) is 48.6 Å². The summed E-state index contributed by atoms with van der Waals surface area (Å²) in [5.41, 5.74) is 6.29. The van der Waals surface area contributed by atoms with E-state index in [0.29, 0.717) is 5.92 Å². The average molecular weight is 525 g/mol. The number of hydrogen-bond donors (Lipinski definition) is 1. The van der Waals surface area contributed by atoms with E-state index in [0.717, 1.165) is 40.4 Å². The summed E-state index contributed by atoms with van der Waals surface area (Å²) >= 11 is 3.23. The first-order valence-electron chi connectivity index (χ1n) is 12.5. The Hall–Kier alpha value is -3.66. The van der Waals surface area contributed by atoms with Crippen LogP contribution < -0.4 is 4.90 Å². The van der Waals surface area contributed by atoms with Gasteiger partial charge in [-0.2, -0.15) is 5.26 Å². The third-order valence-electron chi connectivity index (χ3n) is 6.98. The molecule has 0 spiro atoms. The van der Waals surface area contributed by atoms with E-state index in [9.17, 15) is 4.79 Å². The molecule has 0 amide bonds. The van der Waals surface area contributed by atoms with Crippen molar-refractivity contribution in [2.24, 2.45) is 0 Å². The summed E-state index contributed by atoms with van der Waals surface area (Å²) in [5, 5.41) is 18.1. The number of fused-ring (bicyclic) bond motifs is 1. The Morgan fingerprint density at radius 2 is 1.78 bits per heavy atom. The molecule has 4 aromatic rings. The largest absolute Gasteiger partial charge is 0.477 e. The molecule has 1 unspecified atom stereocenters. The summed E-state index contributed by atoms with van der Waals surface area (Å²) in [4.78, 5) is 17.7. The average Bonchev–Trinajstić information content (AvgIpc) is 3.60. The van der Waals surface area contributed by atoms with Crippen molar-refractivity contribution in [3.05, 3.63) is 88.3 Å². The molecule has 0 fully saturated rings. The van der Waals surface area contributed by atoms with Gasteiger partial charge < -0.3 is 10.0 Å². The van der Waals surface area contributed by atoms with Crippen LogP contribution in [-0.2, 0) is 11.2 Å². The van der Waals surface area contributed by atoms with Gasteiger partial charge in [0.25, 0.3) is 0 Å². The van der Waals surface area contributed by atoms with Crippen LogP contribution in [0.25, 0.3) is 26.3 Å². The summed E-state index contributed by atoms with van der Waals surface area (Å²) in [7, 11) is 0. The molecule has 0 saturated heterocycles. The molecule has 0 aliphatic carbocycles. The fourth-order valence-electron chi connectivity index (χ4n) is 4.71. The number of aryl methyl sites for hydroxylation is 1. The first kappa shape index (κ1) is 25.0. The van der Waals surface area contributed by atoms with Crippen LogP contribution in [0.5, 0.6) is 0 Å². The van der Waals surface area contributed by atoms with Gasteiger partial charge in [0.2, 0.25) is 0 Å². The lowest BCUT2D eigenvalue weighted by Crippen LogP contribution is -2.24. The van der Waals surface area contributed by atoms with Gasteiger partial charge in [-0.15, -0.1) is 22.7 Å². The van der Waals surface area contributed by atoms with Crippen LogP contribution in [0.3, 0.4) is 0 Å². The van der Waals surface area contributed by atoms with E-state index in [-0.39, 0.29) is 5.57 Å². The smallest absolute Gasteiger partial charge is 0.346 e. The minimum absolute atomic E-state index is 0.255. The van der Waals surface area contributed by atoms with Crippen molar-refractivity contribution in [2.45, 2.75) is 39.0 Å². The third kappa shape index (κ3) is 5.24. The van der Waals surface area contributed by atoms with Crippen molar-refractivity contribution < 1.29 is 9.90 Å². The number of aliphatic carboxylic acids is 1. The second-order valence-corrected chi connectivity index (χ2v) is 11.5. The van der Waals surface area contributed by atoms with E-state index in [4.69, 9.17) is 10.4 Å². The van der Waals surface area contributed by atoms with Crippen LogP contribution in [0, 0.1) is 11.3 Å². The molecule has 6 heteroatoms. The highest BCUT2D eigenvalue weighted by Gasteiger charge is 2.20. The van der Waals surface area contributed by atoms with Crippen molar-refractivity contribution in [1.82, 2.24) is 0 Å². The minimum Gasteiger partial charge on any atom is -0.477 e. The van der Waals surface area contributed by atoms with Gasteiger partial charge in [-0.1, -0.05) is 32.0 Å². The van der Waals surface area contributed by atoms with Gasteiger partial charge in [-0.3, -0.25) is 0 Å². The van der Waals surface area contributed by atoms with Crippen molar-refractivity contribution in [1.29, 1.82) is 5.26 Å². The topological polar surface area (TPSA) is 64.3 Å². The lowest BCUT2D eigenvalue weighted by molar-refractivity contribution is -0.132. The number of carboxylic acid groups (broad SMARTS) is 1. The van der Waals surface area contributed by atoms with Gasteiger partial charge in [-0.05, 0) is 96.5 Å². The highest BCUT2D eigenvalue weighted by molar-refractivity contribution is 7.24. The Labute approximate surface area is 225 Å². The number of anilines is 2. The van der Waals surface area contributed by atoms with Crippen LogP contribution >= 0.6 is 22.7 Å². The zero-order chi connectivity index (χ0) is 25.9. The number of carbonyl (C=O) groups is 1. The molecule has 1 aliphatic rings. The van der Waals surface area contributed by atoms with Gasteiger partial charge >= 0.3 is 5.97 Å². The molecule has 1 aliphatic heterocycles. The summed E-state index contributed by atoms with van der Waals surface area (Å²) in [6.07, 6.45) is 4.79. The van der Waals surface area contributed by atoms with E-state index in [1.807, 2.05) is 12.1 Å². The molecular formula is C31H28N2O2S2. The van der Waals surface area contributed by atoms with Gasteiger partial charge in [0, 0.05) is 37.4 Å². The summed E-state index contributed by atoms with van der Waals surface area (Å²) in [5.74, 6) is -0.622. The Morgan fingerprint density at radius 3 is 2.51 bits per heavy atom. The number of nitrogens with zero attached hydrogens (tertiary/aromatic N) is 2. The molecule has 2 aromatic carbocycles. The van der Waals surface area contributed by atoms with Gasteiger partial charge in [0.15, 0.2) is 0 Å². The van der Waals surface area contributed by atoms with Crippen LogP contribution in [0.4, 0.5) is 11.4 Å². The maximum Gasteiger partial charge on any atom is 0.346 e. The molecule has 0 radical (unpaired) electrons. The van der Waals surface area contributed by atoms with Crippen LogP contribution in [0.2, 0.25) is 0 Å². The fourth-order valence-corrected chi connectivity index (χ4v) is 6.75. The highest BCUT2D eigenvalue weighted by atomic mass is 32.1. The molecule has 5 rings (SSSR count). The second-order valence-electron chi connectivity index (χ2n) is 9.34. The highest BCUT2D eigenvalue weighted by Crippen LogP contribution is 2.41. The van der Waals surface area contributed by atoms with Crippen molar-refractivity contribution in [3.8, 4) is 26.3 Å². The van der Waals surface area contributed by atoms with Gasteiger partial charge in [0.1, 0.15) is 11.6 Å². The summed E-state index contributed by atoms with van der Waals surface area (Å²) in [6, 6.07) is 25.7. The number of nitriles is 1. The normalized spacial score (nSPS) is 14.2. The SMILES string of the molecule is CCC(C)c1ccc(N2CCCc3cc(-c4ccc(-c5ccc(C=C(C#N)C(=O)O)s5)s4)ccc32)cc1. The molecule has 4 nitrogen and oxygen atoms in total. The first-order chi connectivity index (χ1) is 18.0. The predicted octanol–water partition coefficient (Wildman–Crippen LogP) is 8.73. The number of carboxylic acids is 1. The maximum atomic E-state index is 11.1. The third-order valence-corrected chi connectivity index (χ3v) is 9.34. The van der Waals surface area contributed by atoms with E-state index in [2.05, 4.69) is 73.3 Å². The quantitative estimate of drug-likeness (QED) is 0.194. The van der Waals surface area contributed by atoms with Crippen LogP contribution in [-0.4, -0.2) is 17.6 Å². The zero-order valence-electron chi connectivity index (χ0n) is 20.9. The summed E-state index contributed by atoms with van der Waals surface area (Å²) in [6.45, 7) is 5.54. The van der Waals surface area contributed by atoms with Gasteiger partial charge in [-0.25, -0.2) is 4.79 Å². The number of benzene rings is 2. The predicted molar refractivity (Wildman–Crippen MR) is 155 cm³/mol. The lowest BCUT2D eigenvalue weighted by atomic mass is 9.96. The van der Waals surface area contributed by atoms with E-state index < -0.39 is 5.97 Å². The number of rotatable bonds is 7. The van der Waals surface area contributed by atoms with E-state index in [1.165, 1.54) is 50.4 Å². The Balaban J connectivity index is 1.38. The molecule has 2 aromatic heterocycles. The Morgan fingerprint density at radius 1 is 1.05 bits per heavy atom. The molecule has 37 heavy (non-hydrogen) atoms. The standard InChI is InChI=1S/C31H28N2O2S2/c1-3-20(2)21-6-9-25(10-7-21)33-16-4-5-22-17-23(8-12-27(22)33)28-14-15-30(37-28)29-13-11-26(36-29)18-24(19-32)31(34)35/h6-15,17-18,20H,3-5,16H2,1-2H3,(H,34,35). The molecule has 0 saturated carbocycles. The fraction of sp³-hybridized carbons (Fsp3) is 0.226. The Bertz CT molecular complexity index is 1500. The minimum atomic E-state index is -1.20. The monoisotopic (exact) mass is 524 g/mol. The number of hydrogen-bond acceptors (Lipinski definition) is 5. The molecule has 186 valence electrons. The van der Waals surface area contributed by atoms with Crippen molar-refractivity contribution in [3.63, 3.8) is 0 Å². The number of thiophene rings is 2. The maximum absolute atomic E-state index is 11.1. The first-order valence-corrected chi connectivity index (χ1v) is 14.2. The van der Waals surface area contributed by atoms with Crippen LogP contribution in [0.15, 0.2) is 72.3 Å². The van der Waals surface area contributed by atoms with Crippen molar-refractivity contribution >= 4 is 46.1 Å². The second kappa shape index (κ2) is 10.8. The van der Waals surface area contributed by atoms with E-state index >= 15 is 0 Å². The van der Waals surface area contributed by atoms with E-state index in [1.54, 1.807) is 17.4 Å². The molecular weight excluding hydrogens is 496 g/mol. The summed E-state index contributed by atoms with van der Waals surface area (Å²) < 4.78 is 0. The molecule has 1 N–H and O–H groups in total. The van der Waals surface area contributed by atoms with Crippen molar-refractivity contribution in [2.75, 3.05) is 11.4 Å². The Kier molecular flexibility index (Phi) is 7.27. The molecule has 3 heterocycles.